The second-order valence-corrected chi connectivity index (χ2v) is 5.90. The van der Waals surface area contributed by atoms with E-state index >= 15 is 0 Å². The van der Waals surface area contributed by atoms with E-state index in [2.05, 4.69) is 17.1 Å². The first-order chi connectivity index (χ1) is 10.6. The van der Waals surface area contributed by atoms with Gasteiger partial charge in [-0.05, 0) is 38.1 Å². The molecule has 5 nitrogen and oxygen atoms in total. The van der Waals surface area contributed by atoms with E-state index < -0.39 is 0 Å². The Morgan fingerprint density at radius 3 is 2.68 bits per heavy atom. The second-order valence-electron chi connectivity index (χ2n) is 5.90. The summed E-state index contributed by atoms with van der Waals surface area (Å²) in [6, 6.07) is 7.94. The topological polar surface area (TPSA) is 44.8 Å². The summed E-state index contributed by atoms with van der Waals surface area (Å²) < 4.78 is 5.73. The van der Waals surface area contributed by atoms with E-state index in [0.717, 1.165) is 38.5 Å². The number of piperazine rings is 1. The summed E-state index contributed by atoms with van der Waals surface area (Å²) in [6.07, 6.45) is 0. The molecule has 1 saturated heterocycles. The lowest BCUT2D eigenvalue weighted by atomic mass is 10.2. The highest BCUT2D eigenvalue weighted by molar-refractivity contribution is 5.74. The number of hydrogen-bond acceptors (Lipinski definition) is 3. The minimum absolute atomic E-state index is 0.0103. The van der Waals surface area contributed by atoms with E-state index in [4.69, 9.17) is 4.74 Å². The smallest absolute Gasteiger partial charge is 0.317 e. The van der Waals surface area contributed by atoms with Crippen LogP contribution >= 0.6 is 0 Å². The van der Waals surface area contributed by atoms with Crippen molar-refractivity contribution in [3.63, 3.8) is 0 Å². The molecule has 0 saturated carbocycles. The number of carbonyl (C=O) groups excluding carboxylic acids is 1. The fourth-order valence-electron chi connectivity index (χ4n) is 2.54. The molecule has 1 atom stereocenters. The van der Waals surface area contributed by atoms with Gasteiger partial charge in [0.15, 0.2) is 0 Å². The Kier molecular flexibility index (Phi) is 6.07. The lowest BCUT2D eigenvalue weighted by Gasteiger charge is -2.34. The summed E-state index contributed by atoms with van der Waals surface area (Å²) in [5.74, 6) is 0.845. The van der Waals surface area contributed by atoms with E-state index in [1.807, 2.05) is 43.0 Å². The zero-order valence-corrected chi connectivity index (χ0v) is 13.8. The number of nitrogens with zero attached hydrogens (tertiary/aromatic N) is 2. The predicted molar refractivity (Wildman–Crippen MR) is 88.4 cm³/mol. The summed E-state index contributed by atoms with van der Waals surface area (Å²) in [4.78, 5) is 16.4. The quantitative estimate of drug-likeness (QED) is 0.906. The normalized spacial score (nSPS) is 17.1. The lowest BCUT2D eigenvalue weighted by molar-refractivity contribution is 0.138. The maximum Gasteiger partial charge on any atom is 0.317 e. The van der Waals surface area contributed by atoms with E-state index in [0.29, 0.717) is 6.61 Å². The van der Waals surface area contributed by atoms with Crippen LogP contribution in [0, 0.1) is 6.92 Å². The van der Waals surface area contributed by atoms with Gasteiger partial charge in [-0.2, -0.15) is 0 Å². The van der Waals surface area contributed by atoms with Crippen LogP contribution in [0.15, 0.2) is 24.3 Å². The third-order valence-electron chi connectivity index (χ3n) is 3.97. The molecule has 2 amide bonds. The second kappa shape index (κ2) is 8.03. The molecule has 0 bridgehead atoms. The fraction of sp³-hybridized carbons (Fsp3) is 0.588. The minimum Gasteiger partial charge on any atom is -0.491 e. The van der Waals surface area contributed by atoms with Crippen LogP contribution in [-0.4, -0.2) is 61.2 Å². The van der Waals surface area contributed by atoms with Gasteiger partial charge in [-0.3, -0.25) is 0 Å². The van der Waals surface area contributed by atoms with Crippen LogP contribution in [0.1, 0.15) is 19.4 Å². The number of urea groups is 1. The molecule has 2 rings (SSSR count). The van der Waals surface area contributed by atoms with Crippen LogP contribution in [0.5, 0.6) is 5.75 Å². The molecule has 1 fully saturated rings. The van der Waals surface area contributed by atoms with Crippen LogP contribution in [-0.2, 0) is 0 Å². The van der Waals surface area contributed by atoms with Gasteiger partial charge in [0, 0.05) is 26.2 Å². The lowest BCUT2D eigenvalue weighted by Crippen LogP contribution is -2.53. The largest absolute Gasteiger partial charge is 0.491 e. The molecule has 0 unspecified atom stereocenters. The number of ether oxygens (including phenoxy) is 1. The third-order valence-corrected chi connectivity index (χ3v) is 3.97. The molecular weight excluding hydrogens is 278 g/mol. The van der Waals surface area contributed by atoms with Crippen molar-refractivity contribution in [2.24, 2.45) is 0 Å². The number of hydrogen-bond donors (Lipinski definition) is 1. The van der Waals surface area contributed by atoms with Crippen molar-refractivity contribution in [2.75, 3.05) is 39.3 Å². The van der Waals surface area contributed by atoms with Crippen molar-refractivity contribution < 1.29 is 9.53 Å². The summed E-state index contributed by atoms with van der Waals surface area (Å²) in [6.45, 7) is 11.2. The number of nitrogens with one attached hydrogen (secondary N) is 1. The van der Waals surface area contributed by atoms with Crippen molar-refractivity contribution in [3.8, 4) is 5.75 Å². The van der Waals surface area contributed by atoms with Gasteiger partial charge in [-0.25, -0.2) is 4.79 Å². The molecule has 0 aromatic heterocycles. The van der Waals surface area contributed by atoms with Crippen molar-refractivity contribution in [1.29, 1.82) is 0 Å². The number of likely N-dealkylation sites (N-methyl/N-ethyl adjacent to an activating group) is 1. The van der Waals surface area contributed by atoms with Gasteiger partial charge in [0.05, 0.1) is 6.04 Å². The molecule has 0 aliphatic carbocycles. The van der Waals surface area contributed by atoms with Crippen LogP contribution in [0.2, 0.25) is 0 Å². The van der Waals surface area contributed by atoms with Gasteiger partial charge in [0.25, 0.3) is 0 Å². The minimum atomic E-state index is -0.0165. The molecule has 5 heteroatoms. The number of carbonyl (C=O) groups is 1. The molecule has 1 aromatic rings. The van der Waals surface area contributed by atoms with E-state index in [9.17, 15) is 4.79 Å². The standard InChI is InChI=1S/C17H27N3O2/c1-4-19-8-10-20(11-9-19)17(21)18-15(3)13-22-16-7-5-6-14(2)12-16/h5-7,12,15H,4,8-11,13H2,1-3H3,(H,18,21)/t15-/m0/s1. The Morgan fingerprint density at radius 1 is 1.32 bits per heavy atom. The zero-order chi connectivity index (χ0) is 15.9. The van der Waals surface area contributed by atoms with Crippen molar-refractivity contribution in [1.82, 2.24) is 15.1 Å². The maximum atomic E-state index is 12.2. The Balaban J connectivity index is 1.72. The molecule has 1 aliphatic heterocycles. The van der Waals surface area contributed by atoms with Crippen LogP contribution in [0.3, 0.4) is 0 Å². The zero-order valence-electron chi connectivity index (χ0n) is 13.8. The predicted octanol–water partition coefficient (Wildman–Crippen LogP) is 2.11. The van der Waals surface area contributed by atoms with Gasteiger partial charge in [0.1, 0.15) is 12.4 Å². The number of aryl methyl sites for hydroxylation is 1. The van der Waals surface area contributed by atoms with Gasteiger partial charge in [0.2, 0.25) is 0 Å². The van der Waals surface area contributed by atoms with Crippen LogP contribution in [0.4, 0.5) is 4.79 Å². The highest BCUT2D eigenvalue weighted by Gasteiger charge is 2.21. The van der Waals surface area contributed by atoms with Crippen molar-refractivity contribution in [2.45, 2.75) is 26.8 Å². The number of rotatable bonds is 5. The van der Waals surface area contributed by atoms with Crippen LogP contribution in [0.25, 0.3) is 0 Å². The first-order valence-corrected chi connectivity index (χ1v) is 8.05. The molecule has 1 heterocycles. The van der Waals surface area contributed by atoms with Crippen molar-refractivity contribution >= 4 is 6.03 Å². The molecular formula is C17H27N3O2. The van der Waals surface area contributed by atoms with Gasteiger partial charge < -0.3 is 19.9 Å². The molecule has 1 aromatic carbocycles. The summed E-state index contributed by atoms with van der Waals surface area (Å²) in [7, 11) is 0. The van der Waals surface area contributed by atoms with E-state index in [1.165, 1.54) is 5.56 Å². The van der Waals surface area contributed by atoms with E-state index in [1.54, 1.807) is 0 Å². The fourth-order valence-corrected chi connectivity index (χ4v) is 2.54. The Labute approximate surface area is 133 Å². The molecule has 1 N–H and O–H groups in total. The highest BCUT2D eigenvalue weighted by atomic mass is 16.5. The summed E-state index contributed by atoms with van der Waals surface area (Å²) >= 11 is 0. The number of benzene rings is 1. The maximum absolute atomic E-state index is 12.2. The summed E-state index contributed by atoms with van der Waals surface area (Å²) in [5.41, 5.74) is 1.17. The molecule has 122 valence electrons. The van der Waals surface area contributed by atoms with Gasteiger partial charge >= 0.3 is 6.03 Å². The highest BCUT2D eigenvalue weighted by Crippen LogP contribution is 2.12. The molecule has 0 radical (unpaired) electrons. The Bertz CT molecular complexity index is 485. The third kappa shape index (κ3) is 4.91. The SMILES string of the molecule is CCN1CCN(C(=O)N[C@@H](C)COc2cccc(C)c2)CC1. The monoisotopic (exact) mass is 305 g/mol. The number of amides is 2. The first-order valence-electron chi connectivity index (χ1n) is 8.05. The van der Waals surface area contributed by atoms with Crippen molar-refractivity contribution in [3.05, 3.63) is 29.8 Å². The Hall–Kier alpha value is -1.75. The molecule has 22 heavy (non-hydrogen) atoms. The van der Waals surface area contributed by atoms with Gasteiger partial charge in [-0.1, -0.05) is 19.1 Å². The molecule has 0 spiro atoms. The Morgan fingerprint density at radius 2 is 2.05 bits per heavy atom. The average molecular weight is 305 g/mol. The van der Waals surface area contributed by atoms with Crippen LogP contribution < -0.4 is 10.1 Å². The van der Waals surface area contributed by atoms with Gasteiger partial charge in [-0.15, -0.1) is 0 Å². The first kappa shape index (κ1) is 16.6. The average Bonchev–Trinajstić information content (AvgIpc) is 2.53. The molecule has 1 aliphatic rings. The van der Waals surface area contributed by atoms with E-state index in [-0.39, 0.29) is 12.1 Å². The summed E-state index contributed by atoms with van der Waals surface area (Å²) in [5, 5.41) is 3.01.